The highest BCUT2D eigenvalue weighted by Crippen LogP contribution is 2.31. The maximum absolute atomic E-state index is 11.0. The average Bonchev–Trinajstić information content (AvgIpc) is 2.61. The van der Waals surface area contributed by atoms with Gasteiger partial charge in [0, 0.05) is 5.69 Å². The van der Waals surface area contributed by atoms with Crippen LogP contribution in [0, 0.1) is 24.0 Å². The molecule has 18 heavy (non-hydrogen) atoms. The summed E-state index contributed by atoms with van der Waals surface area (Å²) >= 11 is 5.63. The van der Waals surface area contributed by atoms with Crippen LogP contribution in [0.4, 0.5) is 11.4 Å². The number of rotatable bonds is 2. The molecule has 2 heterocycles. The molecule has 0 saturated carbocycles. The van der Waals surface area contributed by atoms with Crippen LogP contribution in [0.25, 0.3) is 5.82 Å². The number of aromatic nitrogens is 4. The van der Waals surface area contributed by atoms with Crippen LogP contribution in [0.3, 0.4) is 0 Å². The molecular weight excluding hydrogens is 260 g/mol. The van der Waals surface area contributed by atoms with Crippen molar-refractivity contribution in [2.24, 2.45) is 0 Å². The summed E-state index contributed by atoms with van der Waals surface area (Å²) in [5, 5.41) is 22.2. The van der Waals surface area contributed by atoms with Crippen LogP contribution in [-0.4, -0.2) is 24.9 Å². The minimum atomic E-state index is -0.651. The van der Waals surface area contributed by atoms with E-state index < -0.39 is 10.6 Å². The minimum absolute atomic E-state index is 0.0486. The summed E-state index contributed by atoms with van der Waals surface area (Å²) in [7, 11) is 0. The lowest BCUT2D eigenvalue weighted by Crippen LogP contribution is -2.10. The van der Waals surface area contributed by atoms with E-state index in [9.17, 15) is 10.1 Å². The van der Waals surface area contributed by atoms with E-state index in [1.807, 2.05) is 0 Å². The van der Waals surface area contributed by atoms with Crippen molar-refractivity contribution < 1.29 is 4.92 Å². The SMILES string of the molecule is Cc1cc(C)n(-c2nnc(Cl)c(N)c2[N+](=O)[O-])n1. The van der Waals surface area contributed by atoms with Gasteiger partial charge in [-0.05, 0) is 19.9 Å². The Kier molecular flexibility index (Phi) is 2.87. The predicted molar refractivity (Wildman–Crippen MR) is 64.7 cm³/mol. The van der Waals surface area contributed by atoms with Crippen LogP contribution in [0.1, 0.15) is 11.4 Å². The van der Waals surface area contributed by atoms with Crippen molar-refractivity contribution in [1.29, 1.82) is 0 Å². The van der Waals surface area contributed by atoms with Gasteiger partial charge < -0.3 is 5.73 Å². The summed E-state index contributed by atoms with van der Waals surface area (Å²) < 4.78 is 1.31. The number of nitrogens with two attached hydrogens (primary N) is 1. The van der Waals surface area contributed by atoms with E-state index in [1.54, 1.807) is 19.9 Å². The highest BCUT2D eigenvalue weighted by atomic mass is 35.5. The normalized spacial score (nSPS) is 10.6. The molecule has 0 bridgehead atoms. The standard InChI is InChI=1S/C9H9ClN6O2/c1-4-3-5(2)15(14-4)9-7(16(17)18)6(11)8(10)12-13-9/h3H,1-2H3,(H2,11,13). The Labute approximate surface area is 107 Å². The molecule has 0 saturated heterocycles. The fraction of sp³-hybridized carbons (Fsp3) is 0.222. The van der Waals surface area contributed by atoms with Crippen LogP contribution in [0.15, 0.2) is 6.07 Å². The molecule has 2 N–H and O–H groups in total. The van der Waals surface area contributed by atoms with E-state index in [0.717, 1.165) is 0 Å². The van der Waals surface area contributed by atoms with E-state index in [2.05, 4.69) is 15.3 Å². The molecule has 0 aliphatic rings. The first-order valence-electron chi connectivity index (χ1n) is 4.91. The van der Waals surface area contributed by atoms with Crippen molar-refractivity contribution in [3.05, 3.63) is 32.7 Å². The third-order valence-corrected chi connectivity index (χ3v) is 2.59. The Hall–Kier alpha value is -2.22. The summed E-state index contributed by atoms with van der Waals surface area (Å²) in [5.74, 6) is -0.0486. The number of nitro groups is 1. The highest BCUT2D eigenvalue weighted by molar-refractivity contribution is 6.32. The highest BCUT2D eigenvalue weighted by Gasteiger charge is 2.26. The molecule has 2 aromatic heterocycles. The lowest BCUT2D eigenvalue weighted by molar-refractivity contribution is -0.384. The first-order chi connectivity index (χ1) is 8.41. The summed E-state index contributed by atoms with van der Waals surface area (Å²) in [6.45, 7) is 3.51. The number of hydrogen-bond donors (Lipinski definition) is 1. The van der Waals surface area contributed by atoms with E-state index in [4.69, 9.17) is 17.3 Å². The van der Waals surface area contributed by atoms with Crippen molar-refractivity contribution in [2.45, 2.75) is 13.8 Å². The van der Waals surface area contributed by atoms with E-state index >= 15 is 0 Å². The molecule has 0 spiro atoms. The Morgan fingerprint density at radius 1 is 1.44 bits per heavy atom. The molecule has 0 atom stereocenters. The van der Waals surface area contributed by atoms with Gasteiger partial charge in [-0.3, -0.25) is 10.1 Å². The van der Waals surface area contributed by atoms with Gasteiger partial charge in [0.15, 0.2) is 10.8 Å². The molecular formula is C9H9ClN6O2. The first-order valence-corrected chi connectivity index (χ1v) is 5.29. The summed E-state index contributed by atoms with van der Waals surface area (Å²) in [6.07, 6.45) is 0. The lowest BCUT2D eigenvalue weighted by atomic mass is 10.3. The number of nitrogen functional groups attached to an aromatic ring is 1. The van der Waals surface area contributed by atoms with Gasteiger partial charge in [-0.2, -0.15) is 5.10 Å². The van der Waals surface area contributed by atoms with Gasteiger partial charge in [0.05, 0.1) is 10.6 Å². The molecule has 0 radical (unpaired) electrons. The van der Waals surface area contributed by atoms with Crippen molar-refractivity contribution in [1.82, 2.24) is 20.0 Å². The molecule has 0 amide bonds. The van der Waals surface area contributed by atoms with Crippen LogP contribution >= 0.6 is 11.6 Å². The van der Waals surface area contributed by atoms with Gasteiger partial charge in [0.1, 0.15) is 0 Å². The summed E-state index contributed by atoms with van der Waals surface area (Å²) in [6, 6.07) is 1.76. The van der Waals surface area contributed by atoms with Gasteiger partial charge >= 0.3 is 5.69 Å². The van der Waals surface area contributed by atoms with E-state index in [0.29, 0.717) is 11.4 Å². The Balaban J connectivity index is 2.76. The number of nitrogens with zero attached hydrogens (tertiary/aromatic N) is 5. The maximum atomic E-state index is 11.0. The van der Waals surface area contributed by atoms with Crippen LogP contribution < -0.4 is 5.73 Å². The predicted octanol–water partition coefficient (Wildman–Crippen LogP) is 1.42. The van der Waals surface area contributed by atoms with E-state index in [-0.39, 0.29) is 16.7 Å². The molecule has 0 aliphatic carbocycles. The third-order valence-electron chi connectivity index (χ3n) is 2.31. The Bertz CT molecular complexity index is 638. The van der Waals surface area contributed by atoms with Crippen LogP contribution in [-0.2, 0) is 0 Å². The zero-order valence-corrected chi connectivity index (χ0v) is 10.3. The van der Waals surface area contributed by atoms with Gasteiger partial charge in [-0.25, -0.2) is 4.68 Å². The second-order valence-electron chi connectivity index (χ2n) is 3.67. The van der Waals surface area contributed by atoms with Gasteiger partial charge in [-0.15, -0.1) is 10.2 Å². The lowest BCUT2D eigenvalue weighted by Gasteiger charge is -2.05. The van der Waals surface area contributed by atoms with Crippen LogP contribution in [0.5, 0.6) is 0 Å². The van der Waals surface area contributed by atoms with E-state index in [1.165, 1.54) is 4.68 Å². The fourth-order valence-corrected chi connectivity index (χ4v) is 1.70. The Morgan fingerprint density at radius 2 is 2.11 bits per heavy atom. The van der Waals surface area contributed by atoms with Crippen molar-refractivity contribution in [3.63, 3.8) is 0 Å². The minimum Gasteiger partial charge on any atom is -0.390 e. The van der Waals surface area contributed by atoms with Gasteiger partial charge in [0.25, 0.3) is 5.82 Å². The molecule has 0 aliphatic heterocycles. The zero-order chi connectivity index (χ0) is 13.4. The van der Waals surface area contributed by atoms with Crippen molar-refractivity contribution >= 4 is 23.0 Å². The third kappa shape index (κ3) is 1.86. The fourth-order valence-electron chi connectivity index (χ4n) is 1.58. The van der Waals surface area contributed by atoms with Gasteiger partial charge in [0.2, 0.25) is 0 Å². The summed E-state index contributed by atoms with van der Waals surface area (Å²) in [4.78, 5) is 10.4. The van der Waals surface area contributed by atoms with Gasteiger partial charge in [-0.1, -0.05) is 11.6 Å². The molecule has 0 unspecified atom stereocenters. The second kappa shape index (κ2) is 4.22. The maximum Gasteiger partial charge on any atom is 0.341 e. The largest absolute Gasteiger partial charge is 0.390 e. The number of aryl methyl sites for hydroxylation is 2. The van der Waals surface area contributed by atoms with Crippen LogP contribution in [0.2, 0.25) is 5.15 Å². The Morgan fingerprint density at radius 3 is 2.61 bits per heavy atom. The average molecular weight is 269 g/mol. The quantitative estimate of drug-likeness (QED) is 0.651. The van der Waals surface area contributed by atoms with Crippen molar-refractivity contribution in [3.8, 4) is 5.82 Å². The molecule has 94 valence electrons. The summed E-state index contributed by atoms with van der Waals surface area (Å²) in [5.41, 5.74) is 6.33. The molecule has 0 aromatic carbocycles. The monoisotopic (exact) mass is 268 g/mol. The zero-order valence-electron chi connectivity index (χ0n) is 9.59. The molecule has 9 heteroatoms. The smallest absolute Gasteiger partial charge is 0.341 e. The molecule has 0 fully saturated rings. The first kappa shape index (κ1) is 12.2. The molecule has 2 rings (SSSR count). The number of halogens is 1. The molecule has 2 aromatic rings. The second-order valence-corrected chi connectivity index (χ2v) is 4.03. The number of hydrogen-bond acceptors (Lipinski definition) is 6. The topological polar surface area (TPSA) is 113 Å². The molecule has 8 nitrogen and oxygen atoms in total. The van der Waals surface area contributed by atoms with Crippen molar-refractivity contribution in [2.75, 3.05) is 5.73 Å². The number of anilines is 1.